The summed E-state index contributed by atoms with van der Waals surface area (Å²) in [4.78, 5) is 23.4. The average molecular weight is 271 g/mol. The van der Waals surface area contributed by atoms with E-state index in [2.05, 4.69) is 0 Å². The monoisotopic (exact) mass is 270 g/mol. The molecule has 0 atom stereocenters. The number of nitrogens with zero attached hydrogens (tertiary/aromatic N) is 1. The first-order chi connectivity index (χ1) is 8.43. The van der Waals surface area contributed by atoms with E-state index in [0.29, 0.717) is 17.3 Å². The molecule has 0 spiro atoms. The van der Waals surface area contributed by atoms with Crippen molar-refractivity contribution in [2.75, 3.05) is 18.0 Å². The number of carbonyl (C=O) groups excluding carboxylic acids is 2. The number of halogens is 1. The van der Waals surface area contributed by atoms with E-state index in [1.807, 2.05) is 0 Å². The smallest absolute Gasteiger partial charge is 0.236 e. The van der Waals surface area contributed by atoms with Gasteiger partial charge in [-0.1, -0.05) is 17.7 Å². The van der Waals surface area contributed by atoms with Crippen molar-refractivity contribution in [2.45, 2.75) is 6.54 Å². The fourth-order valence-electron chi connectivity index (χ4n) is 1.54. The minimum absolute atomic E-state index is 0.134. The summed E-state index contributed by atoms with van der Waals surface area (Å²) in [5.41, 5.74) is 17.1. The number of anilines is 1. The Morgan fingerprint density at radius 2 is 1.72 bits per heavy atom. The van der Waals surface area contributed by atoms with Crippen LogP contribution >= 0.6 is 11.6 Å². The van der Waals surface area contributed by atoms with Crippen molar-refractivity contribution in [3.63, 3.8) is 0 Å². The van der Waals surface area contributed by atoms with E-state index in [9.17, 15) is 9.59 Å². The Hall–Kier alpha value is -1.79. The maximum atomic E-state index is 11.0. The van der Waals surface area contributed by atoms with Crippen LogP contribution in [0.1, 0.15) is 5.56 Å². The Morgan fingerprint density at radius 3 is 2.11 bits per heavy atom. The van der Waals surface area contributed by atoms with E-state index in [0.717, 1.165) is 5.56 Å². The van der Waals surface area contributed by atoms with Crippen LogP contribution in [-0.2, 0) is 16.1 Å². The first-order valence-electron chi connectivity index (χ1n) is 5.24. The summed E-state index contributed by atoms with van der Waals surface area (Å²) >= 11 is 6.07. The average Bonchev–Trinajstić information content (AvgIpc) is 2.26. The summed E-state index contributed by atoms with van der Waals surface area (Å²) < 4.78 is 0. The third kappa shape index (κ3) is 3.90. The zero-order valence-corrected chi connectivity index (χ0v) is 10.5. The normalized spacial score (nSPS) is 10.1. The standard InChI is InChI=1S/C11H15ClN4O2/c12-8-3-7(4-13)1-2-9(8)16(5-10(14)17)6-11(15)18/h1-3H,4-6,13H2,(H2,14,17)(H2,15,18). The van der Waals surface area contributed by atoms with Crippen LogP contribution in [0.15, 0.2) is 18.2 Å². The summed E-state index contributed by atoms with van der Waals surface area (Å²) in [6.45, 7) is 0.0842. The van der Waals surface area contributed by atoms with Gasteiger partial charge in [-0.2, -0.15) is 0 Å². The molecule has 0 unspecified atom stereocenters. The number of hydrogen-bond donors (Lipinski definition) is 3. The molecule has 98 valence electrons. The third-order valence-corrected chi connectivity index (χ3v) is 2.58. The van der Waals surface area contributed by atoms with Crippen LogP contribution in [0.3, 0.4) is 0 Å². The molecule has 0 bridgehead atoms. The van der Waals surface area contributed by atoms with Crippen molar-refractivity contribution >= 4 is 29.1 Å². The molecule has 0 aromatic heterocycles. The highest BCUT2D eigenvalue weighted by molar-refractivity contribution is 6.33. The van der Waals surface area contributed by atoms with E-state index >= 15 is 0 Å². The lowest BCUT2D eigenvalue weighted by Crippen LogP contribution is -2.39. The second-order valence-electron chi connectivity index (χ2n) is 3.78. The fraction of sp³-hybridized carbons (Fsp3) is 0.273. The number of amides is 2. The van der Waals surface area contributed by atoms with Crippen LogP contribution in [0.25, 0.3) is 0 Å². The van der Waals surface area contributed by atoms with Gasteiger partial charge in [-0.15, -0.1) is 0 Å². The highest BCUT2D eigenvalue weighted by Gasteiger charge is 2.15. The lowest BCUT2D eigenvalue weighted by Gasteiger charge is -2.23. The van der Waals surface area contributed by atoms with Crippen molar-refractivity contribution in [3.8, 4) is 0 Å². The van der Waals surface area contributed by atoms with Crippen LogP contribution in [0.4, 0.5) is 5.69 Å². The van der Waals surface area contributed by atoms with E-state index < -0.39 is 11.8 Å². The number of benzene rings is 1. The van der Waals surface area contributed by atoms with Crippen molar-refractivity contribution in [3.05, 3.63) is 28.8 Å². The molecule has 0 fully saturated rings. The highest BCUT2D eigenvalue weighted by atomic mass is 35.5. The van der Waals surface area contributed by atoms with Gasteiger partial charge in [0, 0.05) is 6.54 Å². The molecule has 18 heavy (non-hydrogen) atoms. The van der Waals surface area contributed by atoms with Crippen molar-refractivity contribution in [1.29, 1.82) is 0 Å². The number of carbonyl (C=O) groups is 2. The number of primary amides is 2. The first-order valence-corrected chi connectivity index (χ1v) is 5.62. The van der Waals surface area contributed by atoms with Crippen molar-refractivity contribution in [2.24, 2.45) is 17.2 Å². The minimum atomic E-state index is -0.574. The van der Waals surface area contributed by atoms with Crippen molar-refractivity contribution < 1.29 is 9.59 Å². The van der Waals surface area contributed by atoms with Gasteiger partial charge in [0.2, 0.25) is 11.8 Å². The second-order valence-corrected chi connectivity index (χ2v) is 4.19. The van der Waals surface area contributed by atoms with Gasteiger partial charge >= 0.3 is 0 Å². The molecule has 0 aliphatic carbocycles. The lowest BCUT2D eigenvalue weighted by molar-refractivity contribution is -0.117. The van der Waals surface area contributed by atoms with Gasteiger partial charge in [0.15, 0.2) is 0 Å². The molecule has 6 N–H and O–H groups in total. The van der Waals surface area contributed by atoms with Gasteiger partial charge in [-0.05, 0) is 17.7 Å². The third-order valence-electron chi connectivity index (χ3n) is 2.28. The summed E-state index contributed by atoms with van der Waals surface area (Å²) in [6, 6.07) is 5.11. The Balaban J connectivity index is 3.03. The molecule has 0 heterocycles. The molecule has 2 amide bonds. The number of rotatable bonds is 6. The second kappa shape index (κ2) is 6.23. The Bertz CT molecular complexity index is 448. The van der Waals surface area contributed by atoms with Crippen LogP contribution in [0, 0.1) is 0 Å². The van der Waals surface area contributed by atoms with Gasteiger partial charge in [-0.3, -0.25) is 9.59 Å². The molecule has 1 aromatic rings. The van der Waals surface area contributed by atoms with Gasteiger partial charge in [0.25, 0.3) is 0 Å². The molecule has 0 saturated heterocycles. The van der Waals surface area contributed by atoms with Crippen molar-refractivity contribution in [1.82, 2.24) is 0 Å². The highest BCUT2D eigenvalue weighted by Crippen LogP contribution is 2.26. The van der Waals surface area contributed by atoms with Crippen LogP contribution in [0.5, 0.6) is 0 Å². The summed E-state index contributed by atoms with van der Waals surface area (Å²) in [7, 11) is 0. The molecule has 0 aliphatic rings. The Kier molecular flexibility index (Phi) is 4.94. The molecule has 0 radical (unpaired) electrons. The first kappa shape index (κ1) is 14.3. The molecule has 0 aliphatic heterocycles. The van der Waals surface area contributed by atoms with Crippen LogP contribution < -0.4 is 22.1 Å². The minimum Gasteiger partial charge on any atom is -0.368 e. The fourth-order valence-corrected chi connectivity index (χ4v) is 1.86. The van der Waals surface area contributed by atoms with Gasteiger partial charge in [-0.25, -0.2) is 0 Å². The predicted octanol–water partition coefficient (Wildman–Crippen LogP) is -0.424. The maximum Gasteiger partial charge on any atom is 0.236 e. The Labute approximate surface area is 110 Å². The summed E-state index contributed by atoms with van der Waals surface area (Å²) in [6.07, 6.45) is 0. The van der Waals surface area contributed by atoms with Gasteiger partial charge in [0.1, 0.15) is 0 Å². The van der Waals surface area contributed by atoms with E-state index in [-0.39, 0.29) is 13.1 Å². The van der Waals surface area contributed by atoms with Gasteiger partial charge < -0.3 is 22.1 Å². The zero-order valence-electron chi connectivity index (χ0n) is 9.73. The number of nitrogens with two attached hydrogens (primary N) is 3. The van der Waals surface area contributed by atoms with E-state index in [1.165, 1.54) is 4.90 Å². The SMILES string of the molecule is NCc1ccc(N(CC(N)=O)CC(N)=O)c(Cl)c1. The summed E-state index contributed by atoms with van der Waals surface area (Å²) in [5.74, 6) is -1.15. The maximum absolute atomic E-state index is 11.0. The molecule has 6 nitrogen and oxygen atoms in total. The van der Waals surface area contributed by atoms with E-state index in [4.69, 9.17) is 28.8 Å². The molecule has 1 aromatic carbocycles. The van der Waals surface area contributed by atoms with E-state index in [1.54, 1.807) is 18.2 Å². The quantitative estimate of drug-likeness (QED) is 0.651. The molecular weight excluding hydrogens is 256 g/mol. The molecule has 7 heteroatoms. The topological polar surface area (TPSA) is 115 Å². The van der Waals surface area contributed by atoms with Gasteiger partial charge in [0.05, 0.1) is 23.8 Å². The van der Waals surface area contributed by atoms with Crippen LogP contribution in [0.2, 0.25) is 5.02 Å². The lowest BCUT2D eigenvalue weighted by atomic mass is 10.2. The molecule has 1 rings (SSSR count). The molecular formula is C11H15ClN4O2. The summed E-state index contributed by atoms with van der Waals surface area (Å²) in [5, 5.41) is 0.389. The number of hydrogen-bond acceptors (Lipinski definition) is 4. The molecule has 0 saturated carbocycles. The largest absolute Gasteiger partial charge is 0.368 e. The predicted molar refractivity (Wildman–Crippen MR) is 69.9 cm³/mol. The Morgan fingerprint density at radius 1 is 1.17 bits per heavy atom. The van der Waals surface area contributed by atoms with Crippen LogP contribution in [-0.4, -0.2) is 24.9 Å². The zero-order chi connectivity index (χ0) is 13.7.